The average Bonchev–Trinajstić information content (AvgIpc) is 3.30. The summed E-state index contributed by atoms with van der Waals surface area (Å²) in [5.41, 5.74) is 0. The van der Waals surface area contributed by atoms with E-state index in [4.69, 9.17) is 4.84 Å². The van der Waals surface area contributed by atoms with Crippen LogP contribution in [0, 0.1) is 11.8 Å². The minimum atomic E-state index is -0.449. The van der Waals surface area contributed by atoms with Crippen molar-refractivity contribution in [1.29, 1.82) is 0 Å². The quantitative estimate of drug-likeness (QED) is 0.256. The molecule has 0 aromatic heterocycles. The number of amides is 1. The first kappa shape index (κ1) is 18.8. The van der Waals surface area contributed by atoms with E-state index in [-0.39, 0.29) is 6.09 Å². The van der Waals surface area contributed by atoms with Gasteiger partial charge in [0.25, 0.3) is 0 Å². The standard InChI is InChI=1S/C13H22NO2.C6H8O2/c15-13-14(16-13,11-7-3-1-4-8-11)12-9-5-2-6-10-12;1-3-5-6(7)8-4-2/h11-12H,1-10H2;4H2,1-2H3/q+1;. The van der Waals surface area contributed by atoms with E-state index in [2.05, 4.69) is 16.6 Å². The zero-order valence-corrected chi connectivity index (χ0v) is 15.0. The third-order valence-corrected chi connectivity index (χ3v) is 5.22. The van der Waals surface area contributed by atoms with E-state index in [1.165, 1.54) is 64.2 Å². The smallest absolute Gasteiger partial charge is 0.456 e. The second-order valence-corrected chi connectivity index (χ2v) is 6.75. The minimum absolute atomic E-state index is 0.0683. The van der Waals surface area contributed by atoms with E-state index >= 15 is 0 Å². The summed E-state index contributed by atoms with van der Waals surface area (Å²) in [7, 11) is 0. The number of carbonyl (C=O) groups excluding carboxylic acids is 2. The van der Waals surface area contributed by atoms with Gasteiger partial charge >= 0.3 is 12.1 Å². The SMILES string of the molecule is CC#CC(=O)OCC.O=C1O[N+]1(C1CCCCC1)C1CCCCC1. The number of hydrogen-bond donors (Lipinski definition) is 0. The summed E-state index contributed by atoms with van der Waals surface area (Å²) in [4.78, 5) is 27.5. The zero-order chi connectivity index (χ0) is 17.4. The van der Waals surface area contributed by atoms with Gasteiger partial charge in [-0.15, -0.1) is 0 Å². The summed E-state index contributed by atoms with van der Waals surface area (Å²) in [6, 6.07) is 0.980. The van der Waals surface area contributed by atoms with Crippen molar-refractivity contribution in [3.8, 4) is 11.8 Å². The Balaban J connectivity index is 0.000000224. The fourth-order valence-electron chi connectivity index (χ4n) is 4.05. The predicted molar refractivity (Wildman–Crippen MR) is 90.6 cm³/mol. The third-order valence-electron chi connectivity index (χ3n) is 5.22. The number of esters is 1. The molecule has 0 spiro atoms. The molecule has 1 aliphatic heterocycles. The lowest BCUT2D eigenvalue weighted by Crippen LogP contribution is -2.48. The molecule has 1 saturated heterocycles. The normalized spacial score (nSPS) is 23.0. The second-order valence-electron chi connectivity index (χ2n) is 6.75. The molecule has 3 fully saturated rings. The highest BCUT2D eigenvalue weighted by atomic mass is 16.9. The molecule has 134 valence electrons. The van der Waals surface area contributed by atoms with Gasteiger partial charge in [0.2, 0.25) is 0 Å². The van der Waals surface area contributed by atoms with Crippen LogP contribution in [0.1, 0.15) is 78.1 Å². The van der Waals surface area contributed by atoms with Crippen LogP contribution in [0.15, 0.2) is 0 Å². The lowest BCUT2D eigenvalue weighted by atomic mass is 9.89. The minimum Gasteiger partial charge on any atom is -0.456 e. The van der Waals surface area contributed by atoms with E-state index in [0.29, 0.717) is 23.3 Å². The highest BCUT2D eigenvalue weighted by Gasteiger charge is 2.70. The highest BCUT2D eigenvalue weighted by molar-refractivity contribution is 5.88. The molecule has 2 saturated carbocycles. The zero-order valence-electron chi connectivity index (χ0n) is 15.0. The molecule has 0 unspecified atom stereocenters. The fraction of sp³-hybridized carbons (Fsp3) is 0.789. The number of hydrogen-bond acceptors (Lipinski definition) is 4. The summed E-state index contributed by atoms with van der Waals surface area (Å²) >= 11 is 0. The molecule has 0 radical (unpaired) electrons. The molecule has 1 heterocycles. The Labute approximate surface area is 145 Å². The Kier molecular flexibility index (Phi) is 7.11. The molecular formula is C19H30NO4+. The van der Waals surface area contributed by atoms with Crippen LogP contribution in [-0.2, 0) is 14.4 Å². The molecular weight excluding hydrogens is 306 g/mol. The van der Waals surface area contributed by atoms with Crippen LogP contribution < -0.4 is 0 Å². The first-order valence-corrected chi connectivity index (χ1v) is 9.37. The van der Waals surface area contributed by atoms with E-state index < -0.39 is 5.97 Å². The van der Waals surface area contributed by atoms with Crippen molar-refractivity contribution in [2.24, 2.45) is 0 Å². The highest BCUT2D eigenvalue weighted by Crippen LogP contribution is 2.45. The van der Waals surface area contributed by atoms with Gasteiger partial charge in [-0.2, -0.15) is 4.79 Å². The Hall–Kier alpha value is -1.54. The number of nitrogens with zero attached hydrogens (tertiary/aromatic N) is 1. The fourth-order valence-corrected chi connectivity index (χ4v) is 4.05. The van der Waals surface area contributed by atoms with Crippen molar-refractivity contribution in [3.05, 3.63) is 0 Å². The molecule has 0 N–H and O–H groups in total. The maximum absolute atomic E-state index is 11.8. The van der Waals surface area contributed by atoms with Crippen LogP contribution in [-0.4, -0.2) is 35.4 Å². The van der Waals surface area contributed by atoms with Gasteiger partial charge < -0.3 is 4.74 Å². The lowest BCUT2D eigenvalue weighted by Gasteiger charge is -2.31. The molecule has 3 rings (SSSR count). The monoisotopic (exact) mass is 336 g/mol. The predicted octanol–water partition coefficient (Wildman–Crippen LogP) is 4.11. The number of ether oxygens (including phenoxy) is 1. The molecule has 0 bridgehead atoms. The lowest BCUT2D eigenvalue weighted by molar-refractivity contribution is -0.943. The molecule has 0 aromatic rings. The van der Waals surface area contributed by atoms with Crippen molar-refractivity contribution in [3.63, 3.8) is 0 Å². The van der Waals surface area contributed by atoms with Gasteiger partial charge in [0.1, 0.15) is 12.1 Å². The largest absolute Gasteiger partial charge is 0.610 e. The van der Waals surface area contributed by atoms with Gasteiger partial charge in [-0.1, -0.05) is 18.8 Å². The van der Waals surface area contributed by atoms with E-state index in [1.54, 1.807) is 13.8 Å². The Morgan fingerprint density at radius 3 is 1.88 bits per heavy atom. The Morgan fingerprint density at radius 1 is 1.08 bits per heavy atom. The molecule has 1 amide bonds. The number of rotatable bonds is 3. The van der Waals surface area contributed by atoms with E-state index in [1.807, 2.05) is 0 Å². The molecule has 2 aliphatic carbocycles. The van der Waals surface area contributed by atoms with Crippen LogP contribution >= 0.6 is 0 Å². The average molecular weight is 336 g/mol. The molecule has 3 aliphatic rings. The van der Waals surface area contributed by atoms with Crippen molar-refractivity contribution < 1.29 is 23.8 Å². The van der Waals surface area contributed by atoms with E-state index in [9.17, 15) is 9.59 Å². The number of hydroxylamine groups is 3. The van der Waals surface area contributed by atoms with E-state index in [0.717, 1.165) is 0 Å². The molecule has 5 heteroatoms. The first-order valence-electron chi connectivity index (χ1n) is 9.37. The third kappa shape index (κ3) is 4.51. The van der Waals surface area contributed by atoms with Crippen LogP contribution in [0.25, 0.3) is 0 Å². The van der Waals surface area contributed by atoms with Crippen LogP contribution in [0.3, 0.4) is 0 Å². The van der Waals surface area contributed by atoms with Crippen LogP contribution in [0.5, 0.6) is 0 Å². The summed E-state index contributed by atoms with van der Waals surface area (Å²) in [6.45, 7) is 3.74. The van der Waals surface area contributed by atoms with Crippen LogP contribution in [0.4, 0.5) is 4.79 Å². The first-order chi connectivity index (χ1) is 11.6. The second kappa shape index (κ2) is 9.08. The topological polar surface area (TPSA) is 55.9 Å². The van der Waals surface area contributed by atoms with Crippen LogP contribution in [0.2, 0.25) is 0 Å². The maximum atomic E-state index is 11.8. The number of quaternary nitrogens is 1. The van der Waals surface area contributed by atoms with Gasteiger partial charge in [0, 0.05) is 31.6 Å². The van der Waals surface area contributed by atoms with Gasteiger partial charge in [-0.25, -0.2) is 9.63 Å². The molecule has 0 atom stereocenters. The van der Waals surface area contributed by atoms with Gasteiger partial charge in [0.05, 0.1) is 6.61 Å². The van der Waals surface area contributed by atoms with Crippen molar-refractivity contribution in [2.75, 3.05) is 6.61 Å². The Bertz CT molecular complexity index is 475. The molecule has 24 heavy (non-hydrogen) atoms. The maximum Gasteiger partial charge on any atom is 0.610 e. The van der Waals surface area contributed by atoms with Crippen molar-refractivity contribution in [1.82, 2.24) is 0 Å². The van der Waals surface area contributed by atoms with Crippen molar-refractivity contribution >= 4 is 12.1 Å². The van der Waals surface area contributed by atoms with Crippen molar-refractivity contribution in [2.45, 2.75) is 90.1 Å². The Morgan fingerprint density at radius 2 is 1.54 bits per heavy atom. The van der Waals surface area contributed by atoms with Gasteiger partial charge in [-0.05, 0) is 44.2 Å². The summed E-state index contributed by atoms with van der Waals surface area (Å²) in [6.07, 6.45) is 12.7. The molecule has 0 aromatic carbocycles. The van der Waals surface area contributed by atoms with Gasteiger partial charge in [-0.3, -0.25) is 0 Å². The molecule has 5 nitrogen and oxygen atoms in total. The number of carbonyl (C=O) groups is 2. The summed E-state index contributed by atoms with van der Waals surface area (Å²) in [5, 5.41) is 0. The summed E-state index contributed by atoms with van der Waals surface area (Å²) in [5.74, 6) is 4.21. The summed E-state index contributed by atoms with van der Waals surface area (Å²) < 4.78 is 4.90. The van der Waals surface area contributed by atoms with Gasteiger partial charge in [0.15, 0.2) is 0 Å².